The molecule has 1 aromatic rings. The van der Waals surface area contributed by atoms with Crippen LogP contribution in [0.4, 0.5) is 0 Å². The van der Waals surface area contributed by atoms with E-state index in [9.17, 15) is 14.4 Å². The molecule has 0 fully saturated rings. The number of nitrogens with one attached hydrogen (secondary N) is 2. The first-order chi connectivity index (χ1) is 22.2. The van der Waals surface area contributed by atoms with Crippen LogP contribution in [0.15, 0.2) is 97.2 Å². The highest BCUT2D eigenvalue weighted by Gasteiger charge is 2.17. The van der Waals surface area contributed by atoms with Gasteiger partial charge in [-0.2, -0.15) is 0 Å². The number of carbonyl (C=O) groups is 3. The molecule has 2 N–H and O–H groups in total. The van der Waals surface area contributed by atoms with Gasteiger partial charge in [-0.25, -0.2) is 0 Å². The van der Waals surface area contributed by atoms with Crippen LogP contribution in [0.1, 0.15) is 116 Å². The zero-order chi connectivity index (χ0) is 33.8. The van der Waals surface area contributed by atoms with E-state index in [1.54, 1.807) is 6.92 Å². The van der Waals surface area contributed by atoms with Crippen LogP contribution in [0.25, 0.3) is 0 Å². The molecular weight excluding hydrogens is 568 g/mol. The highest BCUT2D eigenvalue weighted by Crippen LogP contribution is 2.18. The fraction of sp³-hybridized carbons (Fsp3) is 0.488. The van der Waals surface area contributed by atoms with E-state index in [-0.39, 0.29) is 23.5 Å². The van der Waals surface area contributed by atoms with Gasteiger partial charge in [0.15, 0.2) is 5.78 Å². The Labute approximate surface area is 280 Å². The number of amides is 2. The molecule has 0 aromatic heterocycles. The van der Waals surface area contributed by atoms with E-state index in [1.165, 1.54) is 5.56 Å². The van der Waals surface area contributed by atoms with Crippen LogP contribution in [0.5, 0.6) is 0 Å². The monoisotopic (exact) mass is 628 g/mol. The van der Waals surface area contributed by atoms with Gasteiger partial charge < -0.3 is 10.6 Å². The third kappa shape index (κ3) is 21.1. The maximum atomic E-state index is 12.6. The number of allylic oxidation sites excluding steroid dienone is 12. The molecule has 2 amide bonds. The third-order valence-corrected chi connectivity index (χ3v) is 7.41. The number of carbonyl (C=O) groups excluding carboxylic acids is 3. The number of rotatable bonds is 24. The first-order valence-electron chi connectivity index (χ1n) is 17.3. The van der Waals surface area contributed by atoms with E-state index in [4.69, 9.17) is 0 Å². The van der Waals surface area contributed by atoms with Crippen LogP contribution in [-0.2, 0) is 20.8 Å². The van der Waals surface area contributed by atoms with Gasteiger partial charge in [0.2, 0.25) is 11.8 Å². The number of hydrogen-bond acceptors (Lipinski definition) is 3. The SMILES string of the molecule is CC/C=C\C/C=C\C/C=C\C/C=C\C/C=C\C/C=C\CCC(=O)N[C@@H](C)C(=O)CCCNC(=O)C(C)c1ccc(CC(C)C)cc1. The maximum Gasteiger partial charge on any atom is 0.227 e. The zero-order valence-electron chi connectivity index (χ0n) is 29.2. The molecule has 0 saturated carbocycles. The third-order valence-electron chi connectivity index (χ3n) is 7.41. The lowest BCUT2D eigenvalue weighted by Crippen LogP contribution is -2.38. The molecule has 0 aliphatic carbocycles. The normalized spacial score (nSPS) is 13.7. The average Bonchev–Trinajstić information content (AvgIpc) is 3.03. The summed E-state index contributed by atoms with van der Waals surface area (Å²) < 4.78 is 0. The number of hydrogen-bond donors (Lipinski definition) is 2. The minimum atomic E-state index is -0.531. The van der Waals surface area contributed by atoms with Crippen molar-refractivity contribution in [2.45, 2.75) is 117 Å². The van der Waals surface area contributed by atoms with Gasteiger partial charge >= 0.3 is 0 Å². The smallest absolute Gasteiger partial charge is 0.227 e. The van der Waals surface area contributed by atoms with Crippen LogP contribution in [0.3, 0.4) is 0 Å². The summed E-state index contributed by atoms with van der Waals surface area (Å²) in [4.78, 5) is 37.3. The van der Waals surface area contributed by atoms with E-state index in [2.05, 4.69) is 110 Å². The summed E-state index contributed by atoms with van der Waals surface area (Å²) in [6.45, 7) is 10.6. The largest absolute Gasteiger partial charge is 0.356 e. The Morgan fingerprint density at radius 1 is 0.674 bits per heavy atom. The van der Waals surface area contributed by atoms with Crippen molar-refractivity contribution < 1.29 is 14.4 Å². The Hall–Kier alpha value is -3.73. The van der Waals surface area contributed by atoms with Crippen molar-refractivity contribution in [2.24, 2.45) is 5.92 Å². The minimum Gasteiger partial charge on any atom is -0.356 e. The molecule has 0 aliphatic rings. The second-order valence-electron chi connectivity index (χ2n) is 12.2. The highest BCUT2D eigenvalue weighted by atomic mass is 16.2. The molecular formula is C41H60N2O3. The highest BCUT2D eigenvalue weighted by molar-refractivity contribution is 5.88. The van der Waals surface area contributed by atoms with Crippen LogP contribution in [0.2, 0.25) is 0 Å². The Morgan fingerprint density at radius 2 is 1.17 bits per heavy atom. The lowest BCUT2D eigenvalue weighted by molar-refractivity contribution is -0.127. The molecule has 0 radical (unpaired) electrons. The van der Waals surface area contributed by atoms with E-state index in [0.29, 0.717) is 38.1 Å². The first-order valence-corrected chi connectivity index (χ1v) is 17.3. The minimum absolute atomic E-state index is 0.0228. The molecule has 5 heteroatoms. The predicted octanol–water partition coefficient (Wildman–Crippen LogP) is 9.44. The molecule has 1 rings (SSSR count). The molecule has 0 spiro atoms. The van der Waals surface area contributed by atoms with Crippen molar-refractivity contribution in [3.63, 3.8) is 0 Å². The van der Waals surface area contributed by atoms with Gasteiger partial charge in [-0.15, -0.1) is 0 Å². The summed E-state index contributed by atoms with van der Waals surface area (Å²) in [6, 6.07) is 7.71. The van der Waals surface area contributed by atoms with Crippen molar-refractivity contribution in [2.75, 3.05) is 6.54 Å². The van der Waals surface area contributed by atoms with E-state index < -0.39 is 6.04 Å². The molecule has 2 atom stereocenters. The van der Waals surface area contributed by atoms with Crippen molar-refractivity contribution in [1.29, 1.82) is 0 Å². The predicted molar refractivity (Wildman–Crippen MR) is 196 cm³/mol. The molecule has 1 aromatic carbocycles. The topological polar surface area (TPSA) is 75.3 Å². The van der Waals surface area contributed by atoms with E-state index in [1.807, 2.05) is 25.1 Å². The lowest BCUT2D eigenvalue weighted by atomic mass is 9.96. The van der Waals surface area contributed by atoms with Crippen LogP contribution in [-0.4, -0.2) is 30.2 Å². The summed E-state index contributed by atoms with van der Waals surface area (Å²) in [5.74, 6) is 0.161. The second kappa shape index (κ2) is 26.5. The van der Waals surface area contributed by atoms with Crippen molar-refractivity contribution in [1.82, 2.24) is 10.6 Å². The summed E-state index contributed by atoms with van der Waals surface area (Å²) in [7, 11) is 0. The van der Waals surface area contributed by atoms with Crippen molar-refractivity contribution >= 4 is 17.6 Å². The fourth-order valence-electron chi connectivity index (χ4n) is 4.66. The van der Waals surface area contributed by atoms with Crippen molar-refractivity contribution in [3.05, 3.63) is 108 Å². The molecule has 0 heterocycles. The van der Waals surface area contributed by atoms with Gasteiger partial charge in [-0.3, -0.25) is 14.4 Å². The Morgan fingerprint density at radius 3 is 1.67 bits per heavy atom. The van der Waals surface area contributed by atoms with Gasteiger partial charge in [-0.1, -0.05) is 118 Å². The first kappa shape index (κ1) is 40.3. The molecule has 0 saturated heterocycles. The molecule has 252 valence electrons. The van der Waals surface area contributed by atoms with Crippen molar-refractivity contribution in [3.8, 4) is 0 Å². The Kier molecular flexibility index (Phi) is 23.2. The molecule has 1 unspecified atom stereocenters. The number of Topliss-reactive ketones (excluding diaryl/α,β-unsaturated/α-hetero) is 1. The Bertz CT molecular complexity index is 1170. The summed E-state index contributed by atoms with van der Waals surface area (Å²) >= 11 is 0. The van der Waals surface area contributed by atoms with Crippen LogP contribution < -0.4 is 10.6 Å². The van der Waals surface area contributed by atoms with Crippen LogP contribution >= 0.6 is 0 Å². The van der Waals surface area contributed by atoms with Gasteiger partial charge in [0, 0.05) is 19.4 Å². The van der Waals surface area contributed by atoms with E-state index >= 15 is 0 Å². The molecule has 5 nitrogen and oxygen atoms in total. The number of benzene rings is 1. The van der Waals surface area contributed by atoms with Gasteiger partial charge in [0.1, 0.15) is 0 Å². The summed E-state index contributed by atoms with van der Waals surface area (Å²) in [6.07, 6.45) is 34.6. The summed E-state index contributed by atoms with van der Waals surface area (Å²) in [5, 5.41) is 5.74. The number of ketones is 1. The molecule has 46 heavy (non-hydrogen) atoms. The van der Waals surface area contributed by atoms with Gasteiger partial charge in [0.05, 0.1) is 12.0 Å². The fourth-order valence-corrected chi connectivity index (χ4v) is 4.66. The second-order valence-corrected chi connectivity index (χ2v) is 12.2. The van der Waals surface area contributed by atoms with Crippen LogP contribution in [0, 0.1) is 5.92 Å². The quantitative estimate of drug-likeness (QED) is 0.0885. The zero-order valence-corrected chi connectivity index (χ0v) is 29.2. The average molecular weight is 629 g/mol. The molecule has 0 aliphatic heterocycles. The maximum absolute atomic E-state index is 12.6. The standard InChI is InChI=1S/C41H60N2O3/c1-6-7-8-9-10-11-12-13-14-15-16-17-18-19-20-21-22-23-24-27-40(45)43-36(5)39(44)26-25-32-42-41(46)35(4)38-30-28-37(29-31-38)33-34(2)3/h7-8,10-11,13-14,16-17,19-20,22-23,28-31,34-36H,6,9,12,15,18,21,24-27,32-33H2,1-5H3,(H,42,46)(H,43,45)/b8-7-,11-10-,14-13-,17-16-,20-19-,23-22-/t35?,36-/m0/s1. The molecule has 0 bridgehead atoms. The van der Waals surface area contributed by atoms with E-state index in [0.717, 1.165) is 50.5 Å². The van der Waals surface area contributed by atoms with Gasteiger partial charge in [-0.05, 0) is 88.7 Å². The lowest BCUT2D eigenvalue weighted by Gasteiger charge is -2.15. The summed E-state index contributed by atoms with van der Waals surface area (Å²) in [5.41, 5.74) is 2.27. The Balaban J connectivity index is 2.12. The van der Waals surface area contributed by atoms with Gasteiger partial charge in [0.25, 0.3) is 0 Å².